The van der Waals surface area contributed by atoms with Crippen LogP contribution in [0.4, 0.5) is 0 Å². The molecule has 0 amide bonds. The van der Waals surface area contributed by atoms with Crippen LogP contribution >= 0.6 is 27.7 Å². The quantitative estimate of drug-likeness (QED) is 0.868. The molecule has 0 fully saturated rings. The number of aryl methyl sites for hydroxylation is 2. The predicted molar refractivity (Wildman–Crippen MR) is 77.8 cm³/mol. The fourth-order valence-corrected chi connectivity index (χ4v) is 3.83. The summed E-state index contributed by atoms with van der Waals surface area (Å²) in [4.78, 5) is 11.1. The second kappa shape index (κ2) is 6.61. The van der Waals surface area contributed by atoms with E-state index in [0.29, 0.717) is 5.75 Å². The number of rotatable bonds is 6. The van der Waals surface area contributed by atoms with Gasteiger partial charge >= 0.3 is 5.97 Å². The first-order chi connectivity index (χ1) is 8.38. The summed E-state index contributed by atoms with van der Waals surface area (Å²) in [7, 11) is 1.89. The maximum absolute atomic E-state index is 11.1. The van der Waals surface area contributed by atoms with E-state index >= 15 is 0 Å². The van der Waals surface area contributed by atoms with Gasteiger partial charge in [-0.2, -0.15) is 5.10 Å². The molecule has 0 bridgehead atoms. The number of halogens is 1. The summed E-state index contributed by atoms with van der Waals surface area (Å²) in [5.41, 5.74) is 2.06. The van der Waals surface area contributed by atoms with Crippen LogP contribution in [0.3, 0.4) is 0 Å². The van der Waals surface area contributed by atoms with Crippen molar-refractivity contribution in [1.29, 1.82) is 0 Å². The normalized spacial score (nSPS) is 13.0. The number of nitrogens with zero attached hydrogens (tertiary/aromatic N) is 2. The molecular weight excluding hydrogens is 316 g/mol. The topological polar surface area (TPSA) is 55.1 Å². The largest absolute Gasteiger partial charge is 0.480 e. The molecule has 0 aliphatic carbocycles. The van der Waals surface area contributed by atoms with Crippen molar-refractivity contribution in [2.45, 2.75) is 38.2 Å². The second-order valence-electron chi connectivity index (χ2n) is 4.50. The zero-order valence-corrected chi connectivity index (χ0v) is 13.5. The van der Waals surface area contributed by atoms with Gasteiger partial charge in [0.05, 0.1) is 15.9 Å². The number of carboxylic acids is 1. The summed E-state index contributed by atoms with van der Waals surface area (Å²) in [6, 6.07) is 0. The molecule has 0 spiro atoms. The first kappa shape index (κ1) is 15.6. The predicted octanol–water partition coefficient (Wildman–Crippen LogP) is 3.09. The molecule has 0 saturated carbocycles. The molecule has 1 aromatic rings. The molecule has 102 valence electrons. The summed E-state index contributed by atoms with van der Waals surface area (Å²) in [5.74, 6) is 0.0216. The first-order valence-corrected chi connectivity index (χ1v) is 7.77. The Morgan fingerprint density at radius 3 is 2.56 bits per heavy atom. The highest BCUT2D eigenvalue weighted by Gasteiger charge is 2.23. The van der Waals surface area contributed by atoms with E-state index in [-0.39, 0.29) is 11.2 Å². The monoisotopic (exact) mass is 334 g/mol. The molecule has 0 aromatic carbocycles. The molecule has 1 rings (SSSR count). The van der Waals surface area contributed by atoms with Gasteiger partial charge in [0, 0.05) is 12.8 Å². The smallest absolute Gasteiger partial charge is 0.316 e. The van der Waals surface area contributed by atoms with E-state index in [0.717, 1.165) is 22.3 Å². The second-order valence-corrected chi connectivity index (χ2v) is 6.42. The highest BCUT2D eigenvalue weighted by molar-refractivity contribution is 9.10. The van der Waals surface area contributed by atoms with Crippen LogP contribution in [-0.2, 0) is 24.0 Å². The number of thioether (sulfide) groups is 1. The van der Waals surface area contributed by atoms with Crippen molar-refractivity contribution in [3.8, 4) is 0 Å². The van der Waals surface area contributed by atoms with Crippen molar-refractivity contribution < 1.29 is 9.90 Å². The van der Waals surface area contributed by atoms with Gasteiger partial charge in [-0.3, -0.25) is 9.48 Å². The molecule has 0 radical (unpaired) electrons. The Labute approximate surface area is 120 Å². The summed E-state index contributed by atoms with van der Waals surface area (Å²) in [6.45, 7) is 5.92. The Bertz CT molecular complexity index is 432. The summed E-state index contributed by atoms with van der Waals surface area (Å²) in [5, 5.41) is 13.2. The van der Waals surface area contributed by atoms with Crippen LogP contribution in [0.1, 0.15) is 32.2 Å². The van der Waals surface area contributed by atoms with E-state index in [1.165, 1.54) is 11.8 Å². The van der Waals surface area contributed by atoms with Crippen molar-refractivity contribution in [3.63, 3.8) is 0 Å². The molecule has 6 heteroatoms. The van der Waals surface area contributed by atoms with E-state index < -0.39 is 5.97 Å². The van der Waals surface area contributed by atoms with Crippen molar-refractivity contribution in [3.05, 3.63) is 15.9 Å². The van der Waals surface area contributed by atoms with Gasteiger partial charge in [0.2, 0.25) is 0 Å². The number of hydrogen-bond donors (Lipinski definition) is 1. The van der Waals surface area contributed by atoms with E-state index in [4.69, 9.17) is 5.11 Å². The maximum atomic E-state index is 11.1. The molecule has 0 saturated heterocycles. The minimum Gasteiger partial charge on any atom is -0.480 e. The molecule has 1 unspecified atom stereocenters. The third-order valence-corrected chi connectivity index (χ3v) is 5.21. The lowest BCUT2D eigenvalue weighted by molar-refractivity contribution is -0.137. The third-order valence-electron chi connectivity index (χ3n) is 2.75. The fourth-order valence-electron chi connectivity index (χ4n) is 1.69. The Hall–Kier alpha value is -0.490. The Kier molecular flexibility index (Phi) is 5.72. The lowest BCUT2D eigenvalue weighted by Gasteiger charge is -2.15. The zero-order valence-electron chi connectivity index (χ0n) is 11.1. The Morgan fingerprint density at radius 1 is 1.56 bits per heavy atom. The van der Waals surface area contributed by atoms with Gasteiger partial charge in [0.15, 0.2) is 0 Å². The van der Waals surface area contributed by atoms with Crippen molar-refractivity contribution in [2.75, 3.05) is 0 Å². The third kappa shape index (κ3) is 3.51. The Balaban J connectivity index is 2.79. The van der Waals surface area contributed by atoms with Crippen LogP contribution in [0.2, 0.25) is 0 Å². The van der Waals surface area contributed by atoms with Gasteiger partial charge in [-0.25, -0.2) is 0 Å². The highest BCUT2D eigenvalue weighted by Crippen LogP contribution is 2.29. The molecule has 1 atom stereocenters. The molecule has 1 N–H and O–H groups in total. The molecule has 4 nitrogen and oxygen atoms in total. The van der Waals surface area contributed by atoms with Crippen LogP contribution in [0.15, 0.2) is 4.47 Å². The van der Waals surface area contributed by atoms with Gasteiger partial charge in [-0.15, -0.1) is 11.8 Å². The molecular formula is C12H19BrN2O2S. The van der Waals surface area contributed by atoms with Gasteiger partial charge in [0.1, 0.15) is 5.25 Å². The fraction of sp³-hybridized carbons (Fsp3) is 0.667. The van der Waals surface area contributed by atoms with E-state index in [9.17, 15) is 4.79 Å². The molecule has 0 aliphatic heterocycles. The molecule has 1 aromatic heterocycles. The first-order valence-electron chi connectivity index (χ1n) is 5.93. The van der Waals surface area contributed by atoms with E-state index in [2.05, 4.69) is 28.0 Å². The average Bonchev–Trinajstić information content (AvgIpc) is 2.55. The lowest BCUT2D eigenvalue weighted by Crippen LogP contribution is -2.22. The molecule has 18 heavy (non-hydrogen) atoms. The van der Waals surface area contributed by atoms with E-state index in [1.807, 2.05) is 25.6 Å². The van der Waals surface area contributed by atoms with Gasteiger partial charge in [-0.1, -0.05) is 20.8 Å². The van der Waals surface area contributed by atoms with Crippen LogP contribution < -0.4 is 0 Å². The van der Waals surface area contributed by atoms with Crippen molar-refractivity contribution in [2.24, 2.45) is 13.0 Å². The van der Waals surface area contributed by atoms with Crippen LogP contribution in [0, 0.1) is 5.92 Å². The van der Waals surface area contributed by atoms with Crippen molar-refractivity contribution in [1.82, 2.24) is 9.78 Å². The van der Waals surface area contributed by atoms with Gasteiger partial charge in [-0.05, 0) is 28.3 Å². The number of aliphatic carboxylic acids is 1. The van der Waals surface area contributed by atoms with Gasteiger partial charge in [0.25, 0.3) is 0 Å². The number of carbonyl (C=O) groups is 1. The van der Waals surface area contributed by atoms with Gasteiger partial charge < -0.3 is 5.11 Å². The standard InChI is InChI=1S/C12H19BrN2O2S/c1-5-8-10(13)9(15(4)14-8)6-18-11(7(2)3)12(16)17/h7,11H,5-6H2,1-4H3,(H,16,17). The van der Waals surface area contributed by atoms with Crippen LogP contribution in [0.5, 0.6) is 0 Å². The SMILES string of the molecule is CCc1nn(C)c(CSC(C(=O)O)C(C)C)c1Br. The average molecular weight is 335 g/mol. The zero-order chi connectivity index (χ0) is 13.9. The summed E-state index contributed by atoms with van der Waals surface area (Å²) < 4.78 is 2.84. The Morgan fingerprint density at radius 2 is 2.17 bits per heavy atom. The molecule has 1 heterocycles. The van der Waals surface area contributed by atoms with E-state index in [1.54, 1.807) is 0 Å². The summed E-state index contributed by atoms with van der Waals surface area (Å²) in [6.07, 6.45) is 0.867. The number of aromatic nitrogens is 2. The number of carboxylic acid groups (broad SMARTS) is 1. The lowest BCUT2D eigenvalue weighted by atomic mass is 10.1. The molecule has 0 aliphatic rings. The highest BCUT2D eigenvalue weighted by atomic mass is 79.9. The van der Waals surface area contributed by atoms with Crippen LogP contribution in [0.25, 0.3) is 0 Å². The number of hydrogen-bond acceptors (Lipinski definition) is 3. The minimum absolute atomic E-state index is 0.116. The minimum atomic E-state index is -0.746. The van der Waals surface area contributed by atoms with Crippen LogP contribution in [-0.4, -0.2) is 26.1 Å². The maximum Gasteiger partial charge on any atom is 0.316 e. The summed E-state index contributed by atoms with van der Waals surface area (Å²) >= 11 is 4.99. The van der Waals surface area contributed by atoms with Crippen molar-refractivity contribution >= 4 is 33.7 Å².